The van der Waals surface area contributed by atoms with Gasteiger partial charge in [0.05, 0.1) is 22.8 Å². The van der Waals surface area contributed by atoms with Gasteiger partial charge in [-0.15, -0.1) is 22.1 Å². The van der Waals surface area contributed by atoms with Crippen LogP contribution in [0.5, 0.6) is 0 Å². The van der Waals surface area contributed by atoms with Crippen molar-refractivity contribution in [3.05, 3.63) is 81.9 Å². The largest absolute Gasteiger partial charge is 2.00 e. The van der Waals surface area contributed by atoms with Crippen molar-refractivity contribution in [1.29, 1.82) is 0 Å². The fourth-order valence-electron chi connectivity index (χ4n) is 5.94. The molecule has 0 fully saturated rings. The first kappa shape index (κ1) is 34.1. The van der Waals surface area contributed by atoms with Crippen molar-refractivity contribution in [3.63, 3.8) is 0 Å². The second kappa shape index (κ2) is 13.7. The number of carbonyl (C=O) groups is 3. The van der Waals surface area contributed by atoms with E-state index in [1.807, 2.05) is 45.9 Å². The Bertz CT molecular complexity index is 2010. The second-order valence-corrected chi connectivity index (χ2v) is 11.3. The van der Waals surface area contributed by atoms with Crippen molar-refractivity contribution < 1.29 is 46.8 Å². The molecule has 5 heterocycles. The van der Waals surface area contributed by atoms with Crippen LogP contribution in [0.25, 0.3) is 44.4 Å². The SMILES string of the molecule is C=CC1=C(C)c2cc3[n-]c(cc4nc(cc5[n-]c(cc1n2)c(C)c5CCC(=O)O)C(C)=C4CCC(=O)O)c(CCC(=O)O)c3C.[Fe+2]. The topological polar surface area (TPSA) is 166 Å². The van der Waals surface area contributed by atoms with Gasteiger partial charge >= 0.3 is 35.0 Å². The molecule has 3 N–H and O–H groups in total. The van der Waals surface area contributed by atoms with E-state index in [9.17, 15) is 29.7 Å². The van der Waals surface area contributed by atoms with E-state index < -0.39 is 17.9 Å². The quantitative estimate of drug-likeness (QED) is 0.215. The molecule has 238 valence electrons. The number of allylic oxidation sites excluding steroid dienone is 5. The van der Waals surface area contributed by atoms with Crippen molar-refractivity contribution in [2.24, 2.45) is 0 Å². The summed E-state index contributed by atoms with van der Waals surface area (Å²) in [6, 6.07) is 7.38. The maximum atomic E-state index is 11.6. The van der Waals surface area contributed by atoms with E-state index in [1.165, 1.54) is 0 Å². The molecular weight excluding hydrogens is 628 g/mol. The summed E-state index contributed by atoms with van der Waals surface area (Å²) < 4.78 is 0. The number of carboxylic acids is 3. The molecule has 0 amide bonds. The number of nitrogens with zero attached hydrogens (tertiary/aromatic N) is 4. The Morgan fingerprint density at radius 3 is 1.57 bits per heavy atom. The number of aromatic nitrogens is 4. The molecule has 3 aromatic rings. The van der Waals surface area contributed by atoms with Gasteiger partial charge in [0.1, 0.15) is 0 Å². The third-order valence-corrected chi connectivity index (χ3v) is 8.53. The van der Waals surface area contributed by atoms with Crippen LogP contribution in [-0.2, 0) is 44.3 Å². The van der Waals surface area contributed by atoms with Gasteiger partial charge in [-0.3, -0.25) is 14.4 Å². The molecule has 3 aromatic heterocycles. The van der Waals surface area contributed by atoms with Crippen molar-refractivity contribution in [1.82, 2.24) is 19.9 Å². The molecule has 0 aliphatic carbocycles. The predicted molar refractivity (Wildman–Crippen MR) is 172 cm³/mol. The maximum Gasteiger partial charge on any atom is 2.00 e. The van der Waals surface area contributed by atoms with Crippen LogP contribution >= 0.6 is 0 Å². The predicted octanol–water partition coefficient (Wildman–Crippen LogP) is 6.13. The fraction of sp³-hybridized carbons (Fsp3) is 0.286. The van der Waals surface area contributed by atoms with Gasteiger partial charge in [-0.1, -0.05) is 59.2 Å². The van der Waals surface area contributed by atoms with Crippen LogP contribution in [0.4, 0.5) is 0 Å². The Labute approximate surface area is 276 Å². The number of hydrogen-bond acceptors (Lipinski definition) is 5. The normalized spacial score (nSPS) is 12.7. The minimum Gasteiger partial charge on any atom is -0.657 e. The van der Waals surface area contributed by atoms with E-state index in [0.29, 0.717) is 44.8 Å². The summed E-state index contributed by atoms with van der Waals surface area (Å²) in [7, 11) is 0. The fourth-order valence-corrected chi connectivity index (χ4v) is 5.94. The van der Waals surface area contributed by atoms with Gasteiger partial charge in [0.25, 0.3) is 0 Å². The molecule has 0 aromatic carbocycles. The van der Waals surface area contributed by atoms with E-state index >= 15 is 0 Å². The second-order valence-electron chi connectivity index (χ2n) is 11.3. The van der Waals surface area contributed by atoms with Gasteiger partial charge in [0.15, 0.2) is 0 Å². The van der Waals surface area contributed by atoms with E-state index in [0.717, 1.165) is 44.5 Å². The molecule has 0 saturated heterocycles. The van der Waals surface area contributed by atoms with Crippen LogP contribution in [0.1, 0.15) is 84.6 Å². The van der Waals surface area contributed by atoms with Gasteiger partial charge in [-0.2, -0.15) is 0 Å². The molecule has 5 rings (SSSR count). The third-order valence-electron chi connectivity index (χ3n) is 8.53. The molecular formula is C35H34FeN4O6. The van der Waals surface area contributed by atoms with Crippen molar-refractivity contribution >= 4 is 62.3 Å². The first-order chi connectivity index (χ1) is 21.4. The standard InChI is InChI=1S/C35H36N4O6.Fe/c1-6-21-17(2)25-13-26-18(3)23(8-11-34(42)43)31(37-26)16-32-24(9-12-35(44)45)20(5)28(39-32)15-30-22(7-10-33(40)41)19(4)27(38-30)14-29(21)36-25;/h6,13-16H,1,7-12H2,2-5H3,(H5,36,37,38,39,40,41,42,43,44,45);/q;+2/p-2. The zero-order valence-corrected chi connectivity index (χ0v) is 27.1. The molecule has 10 nitrogen and oxygen atoms in total. The molecule has 11 heteroatoms. The van der Waals surface area contributed by atoms with Gasteiger partial charge in [-0.25, -0.2) is 9.97 Å². The summed E-state index contributed by atoms with van der Waals surface area (Å²) in [5.41, 5.74) is 11.5. The molecule has 0 unspecified atom stereocenters. The Balaban J connectivity index is 0.00000480. The average Bonchev–Trinajstić information content (AvgIpc) is 3.63. The minimum atomic E-state index is -0.938. The van der Waals surface area contributed by atoms with Crippen LogP contribution in [0.3, 0.4) is 0 Å². The smallest absolute Gasteiger partial charge is 0.657 e. The Morgan fingerprint density at radius 1 is 0.652 bits per heavy atom. The van der Waals surface area contributed by atoms with Gasteiger partial charge in [0, 0.05) is 24.8 Å². The van der Waals surface area contributed by atoms with E-state index in [1.54, 1.807) is 12.1 Å². The van der Waals surface area contributed by atoms with Crippen LogP contribution < -0.4 is 9.97 Å². The molecule has 0 spiro atoms. The molecule has 46 heavy (non-hydrogen) atoms. The van der Waals surface area contributed by atoms with E-state index in [2.05, 4.69) is 6.58 Å². The molecule has 2 aliphatic heterocycles. The van der Waals surface area contributed by atoms with Crippen LogP contribution in [0.15, 0.2) is 36.9 Å². The summed E-state index contributed by atoms with van der Waals surface area (Å²) in [5, 5.41) is 28.4. The summed E-state index contributed by atoms with van der Waals surface area (Å²) in [6.07, 6.45) is 2.25. The van der Waals surface area contributed by atoms with Gasteiger partial charge < -0.3 is 25.3 Å². The summed E-state index contributed by atoms with van der Waals surface area (Å²) in [6.45, 7) is 11.7. The van der Waals surface area contributed by atoms with Gasteiger partial charge in [0.2, 0.25) is 0 Å². The molecule has 0 atom stereocenters. The zero-order chi connectivity index (χ0) is 32.6. The van der Waals surface area contributed by atoms with E-state index in [-0.39, 0.29) is 55.6 Å². The van der Waals surface area contributed by atoms with Crippen LogP contribution in [-0.4, -0.2) is 43.2 Å². The average molecular weight is 663 g/mol. The number of aryl methyl sites for hydroxylation is 4. The van der Waals surface area contributed by atoms with Crippen molar-refractivity contribution in [2.75, 3.05) is 0 Å². The Hall–Kier alpha value is -4.73. The van der Waals surface area contributed by atoms with Crippen LogP contribution in [0.2, 0.25) is 0 Å². The third kappa shape index (κ3) is 6.76. The Kier molecular flexibility index (Phi) is 10.2. The summed E-state index contributed by atoms with van der Waals surface area (Å²) in [4.78, 5) is 54.3. The first-order valence-corrected chi connectivity index (χ1v) is 14.7. The number of hydrogen-bond donors (Lipinski definition) is 3. The Morgan fingerprint density at radius 2 is 1.07 bits per heavy atom. The maximum absolute atomic E-state index is 11.6. The van der Waals surface area contributed by atoms with Crippen LogP contribution in [0, 0.1) is 13.8 Å². The number of aliphatic carboxylic acids is 3. The monoisotopic (exact) mass is 662 g/mol. The summed E-state index contributed by atoms with van der Waals surface area (Å²) >= 11 is 0. The molecule has 0 radical (unpaired) electrons. The van der Waals surface area contributed by atoms with Crippen molar-refractivity contribution in [2.45, 2.75) is 66.2 Å². The number of carboxylic acid groups (broad SMARTS) is 3. The van der Waals surface area contributed by atoms with Crippen molar-refractivity contribution in [3.8, 4) is 0 Å². The zero-order valence-electron chi connectivity index (χ0n) is 26.0. The molecule has 8 bridgehead atoms. The number of rotatable bonds is 10. The first-order valence-electron chi connectivity index (χ1n) is 14.7. The number of fused-ring (bicyclic) bond motifs is 8. The van der Waals surface area contributed by atoms with Gasteiger partial charge in [-0.05, 0) is 63.7 Å². The minimum absolute atomic E-state index is 0. The molecule has 0 saturated carbocycles. The molecule has 2 aliphatic rings. The summed E-state index contributed by atoms with van der Waals surface area (Å²) in [5.74, 6) is -2.78. The van der Waals surface area contributed by atoms with E-state index in [4.69, 9.17) is 19.9 Å².